The van der Waals surface area contributed by atoms with Crippen LogP contribution in [0.3, 0.4) is 0 Å². The second-order valence-electron chi connectivity index (χ2n) is 5.81. The Labute approximate surface area is 162 Å². The molecule has 144 valence electrons. The second-order valence-corrected chi connectivity index (χ2v) is 5.81. The lowest BCUT2D eigenvalue weighted by Gasteiger charge is -2.07. The highest BCUT2D eigenvalue weighted by Gasteiger charge is 2.11. The van der Waals surface area contributed by atoms with Gasteiger partial charge in [0.05, 0.1) is 19.8 Å². The van der Waals surface area contributed by atoms with Gasteiger partial charge in [-0.25, -0.2) is 4.39 Å². The zero-order chi connectivity index (χ0) is 19.9. The van der Waals surface area contributed by atoms with Crippen LogP contribution in [0, 0.1) is 5.82 Å². The smallest absolute Gasteiger partial charge is 0.189 e. The number of benzene rings is 2. The summed E-state index contributed by atoms with van der Waals surface area (Å²) in [6.45, 7) is 0.192. The fourth-order valence-electron chi connectivity index (χ4n) is 2.50. The zero-order valence-corrected chi connectivity index (χ0v) is 15.5. The lowest BCUT2D eigenvalue weighted by Crippen LogP contribution is -1.99. The molecule has 0 saturated heterocycles. The highest BCUT2D eigenvalue weighted by atomic mass is 19.1. The van der Waals surface area contributed by atoms with E-state index >= 15 is 0 Å². The molecule has 0 spiro atoms. The lowest BCUT2D eigenvalue weighted by molar-refractivity contribution is 0.104. The highest BCUT2D eigenvalue weighted by Crippen LogP contribution is 2.25. The van der Waals surface area contributed by atoms with Crippen molar-refractivity contribution in [1.82, 2.24) is 0 Å². The Bertz CT molecular complexity index is 973. The maximum Gasteiger partial charge on any atom is 0.189 e. The molecule has 0 bridgehead atoms. The molecule has 1 aromatic heterocycles. The van der Waals surface area contributed by atoms with Gasteiger partial charge in [-0.15, -0.1) is 0 Å². The van der Waals surface area contributed by atoms with E-state index in [1.54, 1.807) is 48.5 Å². The summed E-state index contributed by atoms with van der Waals surface area (Å²) >= 11 is 0. The number of ketones is 1. The van der Waals surface area contributed by atoms with E-state index in [9.17, 15) is 9.18 Å². The topological polar surface area (TPSA) is 57.9 Å². The van der Waals surface area contributed by atoms with Crippen LogP contribution in [0.25, 0.3) is 6.08 Å². The van der Waals surface area contributed by atoms with Crippen molar-refractivity contribution in [1.29, 1.82) is 0 Å². The molecule has 0 amide bonds. The number of hydrogen-bond donors (Lipinski definition) is 0. The first-order valence-electron chi connectivity index (χ1n) is 8.50. The van der Waals surface area contributed by atoms with Gasteiger partial charge in [-0.2, -0.15) is 0 Å². The molecule has 0 aliphatic heterocycles. The number of methoxy groups -OCH3 is 2. The Morgan fingerprint density at radius 2 is 1.75 bits per heavy atom. The lowest BCUT2D eigenvalue weighted by atomic mass is 10.1. The Morgan fingerprint density at radius 3 is 2.46 bits per heavy atom. The van der Waals surface area contributed by atoms with Crippen LogP contribution in [0.4, 0.5) is 4.39 Å². The van der Waals surface area contributed by atoms with Crippen LogP contribution in [-0.4, -0.2) is 20.0 Å². The molecule has 3 rings (SSSR count). The van der Waals surface area contributed by atoms with Gasteiger partial charge >= 0.3 is 0 Å². The zero-order valence-electron chi connectivity index (χ0n) is 15.5. The molecule has 1 heterocycles. The summed E-state index contributed by atoms with van der Waals surface area (Å²) in [5, 5.41) is 0. The van der Waals surface area contributed by atoms with Crippen LogP contribution in [-0.2, 0) is 6.61 Å². The monoisotopic (exact) mass is 382 g/mol. The van der Waals surface area contributed by atoms with E-state index in [-0.39, 0.29) is 18.2 Å². The average molecular weight is 382 g/mol. The Hall–Kier alpha value is -3.54. The van der Waals surface area contributed by atoms with Gasteiger partial charge in [-0.05, 0) is 66.7 Å². The third kappa shape index (κ3) is 4.79. The van der Waals surface area contributed by atoms with E-state index in [1.165, 1.54) is 32.4 Å². The number of rotatable bonds is 8. The van der Waals surface area contributed by atoms with Crippen molar-refractivity contribution in [3.63, 3.8) is 0 Å². The van der Waals surface area contributed by atoms with Crippen molar-refractivity contribution >= 4 is 11.9 Å². The first-order valence-corrected chi connectivity index (χ1v) is 8.50. The number of furan rings is 1. The van der Waals surface area contributed by atoms with E-state index < -0.39 is 0 Å². The fourth-order valence-corrected chi connectivity index (χ4v) is 2.50. The normalized spacial score (nSPS) is 10.8. The van der Waals surface area contributed by atoms with Crippen LogP contribution in [0.2, 0.25) is 0 Å². The number of carbonyl (C=O) groups is 1. The summed E-state index contributed by atoms with van der Waals surface area (Å²) in [5.41, 5.74) is 0.393. The van der Waals surface area contributed by atoms with Crippen LogP contribution >= 0.6 is 0 Å². The molecule has 0 saturated carbocycles. The van der Waals surface area contributed by atoms with Gasteiger partial charge in [0.2, 0.25) is 0 Å². The molecule has 6 heteroatoms. The van der Waals surface area contributed by atoms with Crippen molar-refractivity contribution < 1.29 is 27.8 Å². The largest absolute Gasteiger partial charge is 0.497 e. The van der Waals surface area contributed by atoms with Gasteiger partial charge in [0.15, 0.2) is 5.78 Å². The predicted molar refractivity (Wildman–Crippen MR) is 102 cm³/mol. The van der Waals surface area contributed by atoms with Gasteiger partial charge in [0, 0.05) is 0 Å². The van der Waals surface area contributed by atoms with Crippen LogP contribution in [0.5, 0.6) is 17.2 Å². The third-order valence-electron chi connectivity index (χ3n) is 3.95. The van der Waals surface area contributed by atoms with Crippen LogP contribution in [0.1, 0.15) is 21.9 Å². The summed E-state index contributed by atoms with van der Waals surface area (Å²) in [7, 11) is 3.03. The summed E-state index contributed by atoms with van der Waals surface area (Å²) in [4.78, 5) is 12.5. The van der Waals surface area contributed by atoms with Crippen molar-refractivity contribution in [3.05, 3.63) is 83.6 Å². The molecular weight excluding hydrogens is 363 g/mol. The van der Waals surface area contributed by atoms with Crippen molar-refractivity contribution in [2.75, 3.05) is 14.2 Å². The number of carbonyl (C=O) groups excluding carboxylic acids is 1. The minimum absolute atomic E-state index is 0.192. The highest BCUT2D eigenvalue weighted by molar-refractivity contribution is 6.08. The minimum atomic E-state index is -0.324. The number of hydrogen-bond acceptors (Lipinski definition) is 5. The van der Waals surface area contributed by atoms with E-state index in [4.69, 9.17) is 18.6 Å². The standard InChI is InChI=1S/C22H19FO5/c1-25-18-10-12-22(26-2)20(13-18)21(24)11-9-17-7-8-19(28-17)14-27-16-5-3-15(23)4-6-16/h3-13H,14H2,1-2H3/b11-9+. The molecule has 5 nitrogen and oxygen atoms in total. The molecule has 0 N–H and O–H groups in total. The van der Waals surface area contributed by atoms with Crippen LogP contribution < -0.4 is 14.2 Å². The van der Waals surface area contributed by atoms with Crippen molar-refractivity contribution in [3.8, 4) is 17.2 Å². The van der Waals surface area contributed by atoms with E-state index in [0.29, 0.717) is 34.3 Å². The van der Waals surface area contributed by atoms with Crippen molar-refractivity contribution in [2.45, 2.75) is 6.61 Å². The molecule has 0 aliphatic carbocycles. The molecule has 0 aliphatic rings. The third-order valence-corrected chi connectivity index (χ3v) is 3.95. The number of allylic oxidation sites excluding steroid dienone is 1. The molecular formula is C22H19FO5. The summed E-state index contributed by atoms with van der Waals surface area (Å²) in [6, 6.07) is 14.2. The quantitative estimate of drug-likeness (QED) is 0.409. The average Bonchev–Trinajstić information content (AvgIpc) is 3.19. The summed E-state index contributed by atoms with van der Waals surface area (Å²) < 4.78 is 34.4. The SMILES string of the molecule is COc1ccc(OC)c(C(=O)/C=C/c2ccc(COc3ccc(F)cc3)o2)c1. The van der Waals surface area contributed by atoms with Crippen LogP contribution in [0.15, 0.2) is 65.1 Å². The Kier molecular flexibility index (Phi) is 6.11. The Morgan fingerprint density at radius 1 is 1.00 bits per heavy atom. The summed E-state index contributed by atoms with van der Waals surface area (Å²) in [5.74, 6) is 2.09. The van der Waals surface area contributed by atoms with Gasteiger partial charge in [-0.1, -0.05) is 0 Å². The number of ether oxygens (including phenoxy) is 3. The minimum Gasteiger partial charge on any atom is -0.497 e. The molecule has 3 aromatic rings. The second kappa shape index (κ2) is 8.90. The first kappa shape index (κ1) is 19.2. The van der Waals surface area contributed by atoms with E-state index in [0.717, 1.165) is 0 Å². The fraction of sp³-hybridized carbons (Fsp3) is 0.136. The Balaban J connectivity index is 1.65. The van der Waals surface area contributed by atoms with Gasteiger partial charge in [-0.3, -0.25) is 4.79 Å². The maximum atomic E-state index is 12.9. The molecule has 2 aromatic carbocycles. The molecule has 0 atom stereocenters. The van der Waals surface area contributed by atoms with Crippen molar-refractivity contribution in [2.24, 2.45) is 0 Å². The van der Waals surface area contributed by atoms with E-state index in [1.807, 2.05) is 0 Å². The molecule has 28 heavy (non-hydrogen) atoms. The van der Waals surface area contributed by atoms with Gasteiger partial charge in [0.25, 0.3) is 0 Å². The molecule has 0 fully saturated rings. The number of halogens is 1. The van der Waals surface area contributed by atoms with Gasteiger partial charge < -0.3 is 18.6 Å². The molecule has 0 unspecified atom stereocenters. The summed E-state index contributed by atoms with van der Waals surface area (Å²) in [6.07, 6.45) is 2.98. The first-order chi connectivity index (χ1) is 13.6. The van der Waals surface area contributed by atoms with Gasteiger partial charge in [0.1, 0.15) is 41.2 Å². The van der Waals surface area contributed by atoms with E-state index in [2.05, 4.69) is 0 Å². The molecule has 0 radical (unpaired) electrons. The predicted octanol–water partition coefficient (Wildman–Crippen LogP) is 4.91. The maximum absolute atomic E-state index is 12.9.